The molecule has 4 atom stereocenters. The van der Waals surface area contributed by atoms with E-state index in [-0.39, 0.29) is 30.5 Å². The van der Waals surface area contributed by atoms with Crippen LogP contribution in [-0.2, 0) is 9.59 Å². The van der Waals surface area contributed by atoms with E-state index in [1.807, 2.05) is 6.08 Å². The van der Waals surface area contributed by atoms with Crippen LogP contribution in [0.25, 0.3) is 0 Å². The molecule has 0 saturated heterocycles. The smallest absolute Gasteiger partial charge is 0.303 e. The van der Waals surface area contributed by atoms with Crippen molar-refractivity contribution >= 4 is 11.8 Å². The van der Waals surface area contributed by atoms with E-state index >= 15 is 0 Å². The van der Waals surface area contributed by atoms with Crippen molar-refractivity contribution in [2.75, 3.05) is 0 Å². The largest absolute Gasteiger partial charge is 0.481 e. The number of hydrogen-bond donors (Lipinski definition) is 3. The minimum atomic E-state index is -0.733. The Kier molecular flexibility index (Phi) is 12.3. The number of Topliss-reactive ketones (excluding diaryl/α,β-unsaturated/α-hetero) is 1. The van der Waals surface area contributed by atoms with Crippen LogP contribution in [0.3, 0.4) is 0 Å². The molecule has 27 heavy (non-hydrogen) atoms. The summed E-state index contributed by atoms with van der Waals surface area (Å²) in [5.41, 5.74) is 0. The Labute approximate surface area is 163 Å². The van der Waals surface area contributed by atoms with Gasteiger partial charge in [-0.15, -0.1) is 0 Å². The van der Waals surface area contributed by atoms with Crippen LogP contribution in [0.2, 0.25) is 0 Å². The average Bonchev–Trinajstić information content (AvgIpc) is 2.88. The first-order valence-corrected chi connectivity index (χ1v) is 10.7. The molecular formula is C22H38O5. The monoisotopic (exact) mass is 382 g/mol. The van der Waals surface area contributed by atoms with Gasteiger partial charge in [-0.05, 0) is 19.3 Å². The molecule has 1 fully saturated rings. The highest BCUT2D eigenvalue weighted by atomic mass is 16.4. The first-order valence-electron chi connectivity index (χ1n) is 10.7. The number of carbonyl (C=O) groups excluding carboxylic acids is 1. The lowest BCUT2D eigenvalue weighted by Gasteiger charge is -2.18. The van der Waals surface area contributed by atoms with Gasteiger partial charge < -0.3 is 15.3 Å². The van der Waals surface area contributed by atoms with E-state index in [4.69, 9.17) is 5.11 Å². The third kappa shape index (κ3) is 10.1. The number of carboxylic acid groups (broad SMARTS) is 1. The highest BCUT2D eigenvalue weighted by Gasteiger charge is 2.39. The molecular weight excluding hydrogens is 344 g/mol. The Balaban J connectivity index is 2.30. The number of rotatable bonds is 15. The van der Waals surface area contributed by atoms with Gasteiger partial charge in [-0.1, -0.05) is 70.4 Å². The number of aliphatic carboxylic acids is 1. The summed E-state index contributed by atoms with van der Waals surface area (Å²) in [6.45, 7) is 2.13. The Hall–Kier alpha value is -1.20. The fourth-order valence-electron chi connectivity index (χ4n) is 3.90. The third-order valence-electron chi connectivity index (χ3n) is 5.55. The van der Waals surface area contributed by atoms with Gasteiger partial charge in [-0.3, -0.25) is 9.59 Å². The van der Waals surface area contributed by atoms with Crippen LogP contribution in [0.15, 0.2) is 12.2 Å². The summed E-state index contributed by atoms with van der Waals surface area (Å²) in [5.74, 6) is -0.901. The van der Waals surface area contributed by atoms with Crippen LogP contribution in [0.5, 0.6) is 0 Å². The van der Waals surface area contributed by atoms with Crippen LogP contribution in [0.1, 0.15) is 90.4 Å². The summed E-state index contributed by atoms with van der Waals surface area (Å²) >= 11 is 0. The molecule has 0 aromatic carbocycles. The highest BCUT2D eigenvalue weighted by molar-refractivity contribution is 5.84. The molecule has 1 saturated carbocycles. The Morgan fingerprint density at radius 2 is 1.78 bits per heavy atom. The Morgan fingerprint density at radius 1 is 1.11 bits per heavy atom. The summed E-state index contributed by atoms with van der Waals surface area (Å²) in [7, 11) is 0. The van der Waals surface area contributed by atoms with Crippen LogP contribution in [0, 0.1) is 11.8 Å². The minimum absolute atomic E-state index is 0.133. The average molecular weight is 383 g/mol. The van der Waals surface area contributed by atoms with E-state index in [1.165, 1.54) is 0 Å². The van der Waals surface area contributed by atoms with Crippen LogP contribution in [-0.4, -0.2) is 39.3 Å². The Morgan fingerprint density at radius 3 is 2.44 bits per heavy atom. The van der Waals surface area contributed by atoms with Gasteiger partial charge in [0.15, 0.2) is 0 Å². The predicted molar refractivity (Wildman–Crippen MR) is 106 cm³/mol. The molecule has 156 valence electrons. The number of unbranched alkanes of at least 4 members (excludes halogenated alkanes) is 7. The lowest BCUT2D eigenvalue weighted by molar-refractivity contribution is -0.137. The fourth-order valence-corrected chi connectivity index (χ4v) is 3.90. The molecule has 1 aliphatic rings. The van der Waals surface area contributed by atoms with Gasteiger partial charge in [0.2, 0.25) is 0 Å². The number of hydrogen-bond acceptors (Lipinski definition) is 4. The lowest BCUT2D eigenvalue weighted by Crippen LogP contribution is -2.19. The van der Waals surface area contributed by atoms with Crippen LogP contribution < -0.4 is 0 Å². The normalized spacial score (nSPS) is 24.0. The molecule has 3 N–H and O–H groups in total. The topological polar surface area (TPSA) is 94.8 Å². The van der Waals surface area contributed by atoms with Gasteiger partial charge in [0, 0.05) is 24.7 Å². The minimum Gasteiger partial charge on any atom is -0.481 e. The first-order chi connectivity index (χ1) is 13.0. The molecule has 0 spiro atoms. The summed E-state index contributed by atoms with van der Waals surface area (Å²) in [6.07, 6.45) is 13.4. The number of aliphatic hydroxyl groups is 2. The van der Waals surface area contributed by atoms with E-state index in [2.05, 4.69) is 6.92 Å². The van der Waals surface area contributed by atoms with Crippen LogP contribution in [0.4, 0.5) is 0 Å². The Bertz CT molecular complexity index is 460. The second kappa shape index (κ2) is 13.9. The maximum absolute atomic E-state index is 12.2. The number of carboxylic acids is 1. The highest BCUT2D eigenvalue weighted by Crippen LogP contribution is 2.34. The van der Waals surface area contributed by atoms with Gasteiger partial charge in [0.25, 0.3) is 0 Å². The van der Waals surface area contributed by atoms with Gasteiger partial charge in [-0.25, -0.2) is 0 Å². The molecule has 0 amide bonds. The second-order valence-corrected chi connectivity index (χ2v) is 7.92. The summed E-state index contributed by atoms with van der Waals surface area (Å²) < 4.78 is 0. The summed E-state index contributed by atoms with van der Waals surface area (Å²) in [4.78, 5) is 22.7. The quantitative estimate of drug-likeness (QED) is 0.291. The number of carbonyl (C=O) groups is 2. The van der Waals surface area contributed by atoms with E-state index in [1.54, 1.807) is 6.08 Å². The van der Waals surface area contributed by atoms with Crippen molar-refractivity contribution in [1.82, 2.24) is 0 Å². The fraction of sp³-hybridized carbons (Fsp3) is 0.818. The third-order valence-corrected chi connectivity index (χ3v) is 5.55. The number of aliphatic hydroxyl groups excluding tert-OH is 2. The van der Waals surface area contributed by atoms with E-state index in [0.717, 1.165) is 70.6 Å². The second-order valence-electron chi connectivity index (χ2n) is 7.92. The van der Waals surface area contributed by atoms with Crippen molar-refractivity contribution in [3.05, 3.63) is 12.2 Å². The molecule has 0 aliphatic heterocycles. The van der Waals surface area contributed by atoms with Crippen molar-refractivity contribution < 1.29 is 24.9 Å². The molecule has 5 nitrogen and oxygen atoms in total. The lowest BCUT2D eigenvalue weighted by atomic mass is 9.88. The van der Waals surface area contributed by atoms with Crippen molar-refractivity contribution in [2.45, 2.75) is 103 Å². The van der Waals surface area contributed by atoms with Gasteiger partial charge in [-0.2, -0.15) is 0 Å². The van der Waals surface area contributed by atoms with Crippen LogP contribution >= 0.6 is 0 Å². The van der Waals surface area contributed by atoms with E-state index in [9.17, 15) is 19.8 Å². The van der Waals surface area contributed by atoms with E-state index in [0.29, 0.717) is 0 Å². The molecule has 1 unspecified atom stereocenters. The van der Waals surface area contributed by atoms with Crippen molar-refractivity contribution in [1.29, 1.82) is 0 Å². The predicted octanol–water partition coefficient (Wildman–Crippen LogP) is 4.26. The molecule has 0 radical (unpaired) electrons. The standard InChI is InChI=1S/C22H38O5/c1-2-3-8-11-17(23)14-15-19-18(20(24)16-21(19)25)12-9-6-4-5-7-10-13-22(26)27/h14-15,17-19,21,23,25H,2-13,16H2,1H3,(H,26,27)/b15-14+/t17-,18?,19+,21+/m0/s1. The van der Waals surface area contributed by atoms with Gasteiger partial charge >= 0.3 is 5.97 Å². The van der Waals surface area contributed by atoms with Crippen molar-refractivity contribution in [3.63, 3.8) is 0 Å². The molecule has 0 heterocycles. The zero-order valence-corrected chi connectivity index (χ0v) is 16.8. The first kappa shape index (κ1) is 23.8. The zero-order valence-electron chi connectivity index (χ0n) is 16.8. The number of ketones is 1. The maximum atomic E-state index is 12.2. The molecule has 0 aromatic rings. The summed E-state index contributed by atoms with van der Waals surface area (Å²) in [6, 6.07) is 0. The molecule has 0 bridgehead atoms. The maximum Gasteiger partial charge on any atom is 0.303 e. The van der Waals surface area contributed by atoms with E-state index < -0.39 is 18.2 Å². The molecule has 1 rings (SSSR count). The van der Waals surface area contributed by atoms with Crippen molar-refractivity contribution in [2.24, 2.45) is 11.8 Å². The molecule has 0 aromatic heterocycles. The summed E-state index contributed by atoms with van der Waals surface area (Å²) in [5, 5.41) is 28.8. The van der Waals surface area contributed by atoms with Gasteiger partial charge in [0.1, 0.15) is 5.78 Å². The zero-order chi connectivity index (χ0) is 20.1. The molecule has 5 heteroatoms. The molecule has 1 aliphatic carbocycles. The SMILES string of the molecule is CCCCC[C@H](O)/C=C/[C@@H]1C(CCCCCCCCC(=O)O)C(=O)C[C@H]1O. The van der Waals surface area contributed by atoms with Gasteiger partial charge in [0.05, 0.1) is 12.2 Å². The van der Waals surface area contributed by atoms with Crippen molar-refractivity contribution in [3.8, 4) is 0 Å².